The van der Waals surface area contributed by atoms with Gasteiger partial charge in [-0.3, -0.25) is 0 Å². The van der Waals surface area contributed by atoms with Crippen LogP contribution in [0.2, 0.25) is 0 Å². The second-order valence-electron chi connectivity index (χ2n) is 3.75. The van der Waals surface area contributed by atoms with Gasteiger partial charge in [0.05, 0.1) is 5.60 Å². The summed E-state index contributed by atoms with van der Waals surface area (Å²) in [6.07, 6.45) is 1.44. The number of rotatable bonds is 5. The Morgan fingerprint density at radius 3 is 2.67 bits per heavy atom. The largest absolute Gasteiger partial charge is 0.377 e. The molecule has 0 atom stereocenters. The second-order valence-corrected chi connectivity index (χ2v) is 3.75. The van der Waals surface area contributed by atoms with Gasteiger partial charge in [0.25, 0.3) is 0 Å². The van der Waals surface area contributed by atoms with Crippen molar-refractivity contribution in [1.29, 1.82) is 0 Å². The SMILES string of the molecule is COC(C)(C)CNc1cc(NN)ncn1. The van der Waals surface area contributed by atoms with Crippen molar-refractivity contribution < 1.29 is 4.74 Å². The lowest BCUT2D eigenvalue weighted by Gasteiger charge is -2.23. The molecule has 0 aromatic carbocycles. The Kier molecular flexibility index (Phi) is 3.81. The zero-order valence-corrected chi connectivity index (χ0v) is 9.24. The van der Waals surface area contributed by atoms with E-state index >= 15 is 0 Å². The molecule has 1 aromatic heterocycles. The molecular formula is C9H17N5O. The molecule has 0 fully saturated rings. The minimum atomic E-state index is -0.235. The van der Waals surface area contributed by atoms with Crippen LogP contribution in [-0.2, 0) is 4.74 Å². The zero-order valence-electron chi connectivity index (χ0n) is 9.24. The highest BCUT2D eigenvalue weighted by atomic mass is 16.5. The van der Waals surface area contributed by atoms with Crippen LogP contribution < -0.4 is 16.6 Å². The second kappa shape index (κ2) is 4.90. The number of nitrogens with zero attached hydrogens (tertiary/aromatic N) is 2. The van der Waals surface area contributed by atoms with Crippen molar-refractivity contribution in [1.82, 2.24) is 9.97 Å². The number of hydrazine groups is 1. The first kappa shape index (κ1) is 11.7. The van der Waals surface area contributed by atoms with Gasteiger partial charge in [0.2, 0.25) is 0 Å². The molecule has 1 aromatic rings. The average Bonchev–Trinajstić information content (AvgIpc) is 2.27. The fourth-order valence-corrected chi connectivity index (χ4v) is 0.909. The molecule has 0 aliphatic carbocycles. The number of aromatic nitrogens is 2. The summed E-state index contributed by atoms with van der Waals surface area (Å²) in [7, 11) is 1.68. The first-order valence-electron chi connectivity index (χ1n) is 4.65. The molecule has 6 heteroatoms. The standard InChI is InChI=1S/C9H17N5O/c1-9(2,15-3)5-11-7-4-8(14-10)13-6-12-7/h4,6H,5,10H2,1-3H3,(H2,11,12,13,14). The number of nitrogen functional groups attached to an aromatic ring is 1. The van der Waals surface area contributed by atoms with Gasteiger partial charge < -0.3 is 15.5 Å². The quantitative estimate of drug-likeness (QED) is 0.488. The molecule has 0 saturated heterocycles. The lowest BCUT2D eigenvalue weighted by Crippen LogP contribution is -2.32. The molecule has 0 saturated carbocycles. The molecule has 0 aliphatic rings. The highest BCUT2D eigenvalue weighted by Gasteiger charge is 2.15. The Bertz CT molecular complexity index is 315. The smallest absolute Gasteiger partial charge is 0.145 e. The summed E-state index contributed by atoms with van der Waals surface area (Å²) in [5, 5.41) is 3.14. The fraction of sp³-hybridized carbons (Fsp3) is 0.556. The van der Waals surface area contributed by atoms with E-state index in [4.69, 9.17) is 10.6 Å². The van der Waals surface area contributed by atoms with E-state index in [0.717, 1.165) is 0 Å². The van der Waals surface area contributed by atoms with E-state index in [0.29, 0.717) is 18.2 Å². The van der Waals surface area contributed by atoms with Crippen molar-refractivity contribution in [2.45, 2.75) is 19.4 Å². The van der Waals surface area contributed by atoms with Crippen LogP contribution >= 0.6 is 0 Å². The number of nitrogens with two attached hydrogens (primary N) is 1. The van der Waals surface area contributed by atoms with Gasteiger partial charge in [-0.25, -0.2) is 15.8 Å². The van der Waals surface area contributed by atoms with Crippen LogP contribution in [0, 0.1) is 0 Å². The van der Waals surface area contributed by atoms with Crippen molar-refractivity contribution in [2.24, 2.45) is 5.84 Å². The Labute approximate surface area is 89.2 Å². The molecule has 0 bridgehead atoms. The van der Waals surface area contributed by atoms with Gasteiger partial charge in [-0.05, 0) is 13.8 Å². The molecule has 1 rings (SSSR count). The molecule has 0 radical (unpaired) electrons. The van der Waals surface area contributed by atoms with Gasteiger partial charge in [0.1, 0.15) is 18.0 Å². The molecule has 0 spiro atoms. The summed E-state index contributed by atoms with van der Waals surface area (Å²) < 4.78 is 5.27. The molecule has 84 valence electrons. The maximum Gasteiger partial charge on any atom is 0.145 e. The minimum absolute atomic E-state index is 0.235. The topological polar surface area (TPSA) is 85.1 Å². The summed E-state index contributed by atoms with van der Waals surface area (Å²) in [6.45, 7) is 4.64. The van der Waals surface area contributed by atoms with Gasteiger partial charge in [0, 0.05) is 19.7 Å². The van der Waals surface area contributed by atoms with E-state index in [9.17, 15) is 0 Å². The van der Waals surface area contributed by atoms with Crippen LogP contribution in [-0.4, -0.2) is 29.2 Å². The van der Waals surface area contributed by atoms with Gasteiger partial charge in [-0.2, -0.15) is 0 Å². The third-order valence-corrected chi connectivity index (χ3v) is 2.06. The number of ether oxygens (including phenoxy) is 1. The molecular weight excluding hydrogens is 194 g/mol. The monoisotopic (exact) mass is 211 g/mol. The first-order chi connectivity index (χ1) is 7.07. The molecule has 1 heterocycles. The van der Waals surface area contributed by atoms with E-state index in [1.165, 1.54) is 6.33 Å². The Morgan fingerprint density at radius 1 is 1.40 bits per heavy atom. The Morgan fingerprint density at radius 2 is 2.07 bits per heavy atom. The summed E-state index contributed by atoms with van der Waals surface area (Å²) in [4.78, 5) is 7.96. The fourth-order valence-electron chi connectivity index (χ4n) is 0.909. The highest BCUT2D eigenvalue weighted by Crippen LogP contribution is 2.11. The number of hydrogen-bond donors (Lipinski definition) is 3. The van der Waals surface area contributed by atoms with E-state index in [1.807, 2.05) is 13.8 Å². The Balaban J connectivity index is 2.57. The number of nitrogens with one attached hydrogen (secondary N) is 2. The number of methoxy groups -OCH3 is 1. The van der Waals surface area contributed by atoms with E-state index in [2.05, 4.69) is 20.7 Å². The van der Waals surface area contributed by atoms with Crippen LogP contribution in [0.3, 0.4) is 0 Å². The summed E-state index contributed by atoms with van der Waals surface area (Å²) in [6, 6.07) is 1.73. The van der Waals surface area contributed by atoms with Gasteiger partial charge in [0.15, 0.2) is 0 Å². The van der Waals surface area contributed by atoms with Crippen molar-refractivity contribution in [3.8, 4) is 0 Å². The maximum atomic E-state index is 5.27. The molecule has 4 N–H and O–H groups in total. The van der Waals surface area contributed by atoms with Crippen LogP contribution in [0.1, 0.15) is 13.8 Å². The molecule has 6 nitrogen and oxygen atoms in total. The molecule has 0 unspecified atom stereocenters. The third-order valence-electron chi connectivity index (χ3n) is 2.06. The molecule has 0 aliphatic heterocycles. The lowest BCUT2D eigenvalue weighted by atomic mass is 10.1. The van der Waals surface area contributed by atoms with Gasteiger partial charge >= 0.3 is 0 Å². The Hall–Kier alpha value is -1.40. The van der Waals surface area contributed by atoms with Crippen molar-refractivity contribution >= 4 is 11.6 Å². The number of hydrogen-bond acceptors (Lipinski definition) is 6. The maximum absolute atomic E-state index is 5.27. The highest BCUT2D eigenvalue weighted by molar-refractivity contribution is 5.45. The molecule has 0 amide bonds. The number of anilines is 2. The van der Waals surface area contributed by atoms with Gasteiger partial charge in [-0.15, -0.1) is 0 Å². The van der Waals surface area contributed by atoms with Crippen LogP contribution in [0.4, 0.5) is 11.6 Å². The summed E-state index contributed by atoms with van der Waals surface area (Å²) in [5.74, 6) is 6.52. The van der Waals surface area contributed by atoms with E-state index in [1.54, 1.807) is 13.2 Å². The van der Waals surface area contributed by atoms with Crippen molar-refractivity contribution in [2.75, 3.05) is 24.4 Å². The third kappa shape index (κ3) is 3.69. The summed E-state index contributed by atoms with van der Waals surface area (Å²) in [5.41, 5.74) is 2.22. The average molecular weight is 211 g/mol. The normalized spacial score (nSPS) is 11.2. The predicted octanol–water partition coefficient (Wildman–Crippen LogP) is 0.599. The van der Waals surface area contributed by atoms with Crippen LogP contribution in [0.25, 0.3) is 0 Å². The van der Waals surface area contributed by atoms with E-state index in [-0.39, 0.29) is 5.60 Å². The molecule has 15 heavy (non-hydrogen) atoms. The van der Waals surface area contributed by atoms with Crippen molar-refractivity contribution in [3.63, 3.8) is 0 Å². The van der Waals surface area contributed by atoms with Gasteiger partial charge in [-0.1, -0.05) is 0 Å². The summed E-state index contributed by atoms with van der Waals surface area (Å²) >= 11 is 0. The van der Waals surface area contributed by atoms with Crippen molar-refractivity contribution in [3.05, 3.63) is 12.4 Å². The van der Waals surface area contributed by atoms with E-state index < -0.39 is 0 Å². The van der Waals surface area contributed by atoms with Crippen LogP contribution in [0.5, 0.6) is 0 Å². The lowest BCUT2D eigenvalue weighted by molar-refractivity contribution is 0.0343. The zero-order chi connectivity index (χ0) is 11.3. The first-order valence-corrected chi connectivity index (χ1v) is 4.65. The predicted molar refractivity (Wildman–Crippen MR) is 59.4 cm³/mol. The van der Waals surface area contributed by atoms with Crippen LogP contribution in [0.15, 0.2) is 12.4 Å². The minimum Gasteiger partial charge on any atom is -0.377 e.